The number of rotatable bonds is 6. The number of aliphatic hydroxyl groups is 1. The Morgan fingerprint density at radius 1 is 1.30 bits per heavy atom. The van der Waals surface area contributed by atoms with Gasteiger partial charge in [0, 0.05) is 12.5 Å². The molecule has 5 nitrogen and oxygen atoms in total. The number of halogens is 1. The summed E-state index contributed by atoms with van der Waals surface area (Å²) in [6.45, 7) is 3.86. The lowest BCUT2D eigenvalue weighted by atomic mass is 10.0. The van der Waals surface area contributed by atoms with E-state index in [9.17, 15) is 9.90 Å². The maximum atomic E-state index is 12.5. The second-order valence-electron chi connectivity index (χ2n) is 5.53. The molecule has 1 amide bonds. The maximum Gasteiger partial charge on any atom is 0.272 e. The molecule has 23 heavy (non-hydrogen) atoms. The number of aliphatic hydroxyl groups excluding tert-OH is 1. The molecule has 1 aromatic heterocycles. The monoisotopic (exact) mass is 333 g/mol. The third-order valence-electron chi connectivity index (χ3n) is 3.42. The molecule has 0 spiro atoms. The van der Waals surface area contributed by atoms with Crippen molar-refractivity contribution in [1.29, 1.82) is 0 Å². The maximum absolute atomic E-state index is 12.5. The highest BCUT2D eigenvalue weighted by molar-refractivity contribution is 6.33. The summed E-state index contributed by atoms with van der Waals surface area (Å²) in [5.74, 6) is 0.292. The quantitative estimate of drug-likeness (QED) is 0.851. The van der Waals surface area contributed by atoms with Crippen LogP contribution in [0.1, 0.15) is 54.1 Å². The minimum Gasteiger partial charge on any atom is -0.396 e. The summed E-state index contributed by atoms with van der Waals surface area (Å²) < 4.78 is 0. The number of hydrogen-bond donors (Lipinski definition) is 2. The fraction of sp³-hybridized carbons (Fsp3) is 0.353. The Hall–Kier alpha value is -1.98. The second kappa shape index (κ2) is 8.04. The van der Waals surface area contributed by atoms with Gasteiger partial charge in [0.25, 0.3) is 5.91 Å². The molecule has 1 atom stereocenters. The van der Waals surface area contributed by atoms with Gasteiger partial charge < -0.3 is 10.4 Å². The van der Waals surface area contributed by atoms with E-state index in [1.165, 1.54) is 6.20 Å². The van der Waals surface area contributed by atoms with Crippen molar-refractivity contribution in [2.24, 2.45) is 0 Å². The summed E-state index contributed by atoms with van der Waals surface area (Å²) in [4.78, 5) is 20.9. The molecular formula is C17H20ClN3O2. The minimum atomic E-state index is -0.374. The van der Waals surface area contributed by atoms with Crippen molar-refractivity contribution in [3.8, 4) is 0 Å². The van der Waals surface area contributed by atoms with Crippen LogP contribution in [0.15, 0.2) is 36.5 Å². The average Bonchev–Trinajstić information content (AvgIpc) is 2.55. The van der Waals surface area contributed by atoms with Crippen LogP contribution in [0.25, 0.3) is 0 Å². The van der Waals surface area contributed by atoms with Crippen LogP contribution in [0.5, 0.6) is 0 Å². The Bertz CT molecular complexity index is 662. The predicted molar refractivity (Wildman–Crippen MR) is 89.5 cm³/mol. The summed E-state index contributed by atoms with van der Waals surface area (Å²) in [6, 6.07) is 9.18. The molecule has 0 saturated heterocycles. The van der Waals surface area contributed by atoms with Crippen molar-refractivity contribution in [2.45, 2.75) is 32.2 Å². The standard InChI is InChI=1S/C17H20ClN3O2/c1-11(2)16-19-10-13(18)15(21-16)17(23)20-14(8-9-22)12-6-4-3-5-7-12/h3-7,10-11,14,22H,8-9H2,1-2H3,(H,20,23). The number of carbonyl (C=O) groups is 1. The van der Waals surface area contributed by atoms with Gasteiger partial charge in [0.2, 0.25) is 0 Å². The van der Waals surface area contributed by atoms with E-state index in [2.05, 4.69) is 15.3 Å². The lowest BCUT2D eigenvalue weighted by Crippen LogP contribution is -2.30. The van der Waals surface area contributed by atoms with Crippen LogP contribution < -0.4 is 5.32 Å². The molecule has 122 valence electrons. The molecule has 0 aliphatic rings. The van der Waals surface area contributed by atoms with Crippen molar-refractivity contribution in [1.82, 2.24) is 15.3 Å². The number of nitrogens with zero attached hydrogens (tertiary/aromatic N) is 2. The van der Waals surface area contributed by atoms with E-state index in [-0.39, 0.29) is 35.2 Å². The fourth-order valence-electron chi connectivity index (χ4n) is 2.18. The van der Waals surface area contributed by atoms with Gasteiger partial charge in [-0.2, -0.15) is 0 Å². The molecule has 0 saturated carbocycles. The van der Waals surface area contributed by atoms with E-state index in [4.69, 9.17) is 11.6 Å². The van der Waals surface area contributed by atoms with Crippen LogP contribution in [0.2, 0.25) is 5.02 Å². The van der Waals surface area contributed by atoms with Crippen LogP contribution in [-0.2, 0) is 0 Å². The highest BCUT2D eigenvalue weighted by Crippen LogP contribution is 2.20. The van der Waals surface area contributed by atoms with Crippen LogP contribution in [-0.4, -0.2) is 27.6 Å². The topological polar surface area (TPSA) is 75.1 Å². The van der Waals surface area contributed by atoms with Crippen LogP contribution in [0, 0.1) is 0 Å². The van der Waals surface area contributed by atoms with Gasteiger partial charge in [0.1, 0.15) is 11.5 Å². The molecule has 1 aromatic carbocycles. The average molecular weight is 334 g/mol. The number of nitrogens with one attached hydrogen (secondary N) is 1. The Balaban J connectivity index is 2.24. The zero-order valence-corrected chi connectivity index (χ0v) is 13.9. The molecule has 0 aliphatic heterocycles. The second-order valence-corrected chi connectivity index (χ2v) is 5.94. The van der Waals surface area contributed by atoms with Crippen molar-refractivity contribution >= 4 is 17.5 Å². The molecule has 0 bridgehead atoms. The number of amides is 1. The van der Waals surface area contributed by atoms with Gasteiger partial charge in [-0.25, -0.2) is 9.97 Å². The van der Waals surface area contributed by atoms with Gasteiger partial charge in [-0.3, -0.25) is 4.79 Å². The number of aromatic nitrogens is 2. The number of benzene rings is 1. The first-order chi connectivity index (χ1) is 11.0. The van der Waals surface area contributed by atoms with E-state index >= 15 is 0 Å². The molecule has 2 aromatic rings. The third kappa shape index (κ3) is 4.50. The zero-order chi connectivity index (χ0) is 16.8. The van der Waals surface area contributed by atoms with Gasteiger partial charge in [0.15, 0.2) is 0 Å². The molecular weight excluding hydrogens is 314 g/mol. The van der Waals surface area contributed by atoms with Crippen molar-refractivity contribution in [2.75, 3.05) is 6.61 Å². The Morgan fingerprint density at radius 2 is 2.00 bits per heavy atom. The first-order valence-corrected chi connectivity index (χ1v) is 7.89. The van der Waals surface area contributed by atoms with Gasteiger partial charge in [-0.05, 0) is 12.0 Å². The first kappa shape index (κ1) is 17.4. The number of carbonyl (C=O) groups excluding carboxylic acids is 1. The minimum absolute atomic E-state index is 0.0331. The molecule has 2 N–H and O–H groups in total. The molecule has 6 heteroatoms. The fourth-order valence-corrected chi connectivity index (χ4v) is 2.36. The lowest BCUT2D eigenvalue weighted by Gasteiger charge is -2.18. The van der Waals surface area contributed by atoms with Crippen molar-refractivity contribution in [3.05, 3.63) is 58.6 Å². The zero-order valence-electron chi connectivity index (χ0n) is 13.2. The third-order valence-corrected chi connectivity index (χ3v) is 3.70. The highest BCUT2D eigenvalue weighted by Gasteiger charge is 2.20. The van der Waals surface area contributed by atoms with E-state index < -0.39 is 0 Å². The number of hydrogen-bond acceptors (Lipinski definition) is 4. The van der Waals surface area contributed by atoms with Crippen LogP contribution in [0.4, 0.5) is 0 Å². The van der Waals surface area contributed by atoms with Crippen molar-refractivity contribution < 1.29 is 9.90 Å². The van der Waals surface area contributed by atoms with E-state index in [0.717, 1.165) is 5.56 Å². The summed E-state index contributed by atoms with van der Waals surface area (Å²) in [6.07, 6.45) is 1.86. The largest absolute Gasteiger partial charge is 0.396 e. The van der Waals surface area contributed by atoms with Crippen LogP contribution in [0.3, 0.4) is 0 Å². The summed E-state index contributed by atoms with van der Waals surface area (Å²) in [5.41, 5.74) is 1.08. The molecule has 0 radical (unpaired) electrons. The van der Waals surface area contributed by atoms with Gasteiger partial charge in [0.05, 0.1) is 17.3 Å². The Kier molecular flexibility index (Phi) is 6.07. The molecule has 2 rings (SSSR count). The Labute approximate surface area is 140 Å². The predicted octanol–water partition coefficient (Wildman–Crippen LogP) is 3.11. The van der Waals surface area contributed by atoms with Gasteiger partial charge in [-0.1, -0.05) is 55.8 Å². The van der Waals surface area contributed by atoms with Crippen molar-refractivity contribution in [3.63, 3.8) is 0 Å². The van der Waals surface area contributed by atoms with Gasteiger partial charge in [-0.15, -0.1) is 0 Å². The lowest BCUT2D eigenvalue weighted by molar-refractivity contribution is 0.0924. The summed E-state index contributed by atoms with van der Waals surface area (Å²) in [7, 11) is 0. The van der Waals surface area contributed by atoms with E-state index in [0.29, 0.717) is 12.2 Å². The van der Waals surface area contributed by atoms with E-state index in [1.807, 2.05) is 44.2 Å². The summed E-state index contributed by atoms with van der Waals surface area (Å²) in [5, 5.41) is 12.3. The SMILES string of the molecule is CC(C)c1ncc(Cl)c(C(=O)NC(CCO)c2ccccc2)n1. The Morgan fingerprint density at radius 3 is 2.61 bits per heavy atom. The van der Waals surface area contributed by atoms with Gasteiger partial charge >= 0.3 is 0 Å². The molecule has 0 aliphatic carbocycles. The molecule has 1 heterocycles. The molecule has 0 fully saturated rings. The normalized spacial score (nSPS) is 12.2. The first-order valence-electron chi connectivity index (χ1n) is 7.52. The van der Waals surface area contributed by atoms with Crippen LogP contribution >= 0.6 is 11.6 Å². The molecule has 1 unspecified atom stereocenters. The highest BCUT2D eigenvalue weighted by atomic mass is 35.5. The summed E-state index contributed by atoms with van der Waals surface area (Å²) >= 11 is 6.07. The smallest absolute Gasteiger partial charge is 0.272 e. The van der Waals surface area contributed by atoms with E-state index in [1.54, 1.807) is 0 Å².